The number of aromatic nitrogens is 2. The minimum atomic E-state index is 0.236. The first-order valence-corrected chi connectivity index (χ1v) is 9.28. The molecule has 1 N–H and O–H groups in total. The minimum absolute atomic E-state index is 0.236. The molecule has 0 fully saturated rings. The number of rotatable bonds is 5. The molecule has 2 aromatic carbocycles. The van der Waals surface area contributed by atoms with Crippen LogP contribution in [0.4, 0.5) is 5.82 Å². The van der Waals surface area contributed by atoms with Crippen LogP contribution in [0.2, 0.25) is 0 Å². The molecule has 3 nitrogen and oxygen atoms in total. The first-order valence-electron chi connectivity index (χ1n) is 8.46. The molecule has 4 aromatic rings. The molecule has 0 amide bonds. The lowest BCUT2D eigenvalue weighted by molar-refractivity contribution is 0.745. The molecule has 2 aromatic heterocycles. The zero-order chi connectivity index (χ0) is 17.1. The quantitative estimate of drug-likeness (QED) is 0.488. The van der Waals surface area contributed by atoms with Gasteiger partial charge in [-0.15, -0.1) is 11.3 Å². The van der Waals surface area contributed by atoms with E-state index >= 15 is 0 Å². The third-order valence-electron chi connectivity index (χ3n) is 4.31. The number of nitrogens with one attached hydrogen (secondary N) is 1. The van der Waals surface area contributed by atoms with Crippen molar-refractivity contribution < 1.29 is 0 Å². The lowest BCUT2D eigenvalue weighted by atomic mass is 10.0. The molecule has 1 unspecified atom stereocenters. The average Bonchev–Trinajstić information content (AvgIpc) is 3.12. The van der Waals surface area contributed by atoms with E-state index in [9.17, 15) is 0 Å². The number of hydrogen-bond donors (Lipinski definition) is 1. The summed E-state index contributed by atoms with van der Waals surface area (Å²) in [6.07, 6.45) is 2.64. The van der Waals surface area contributed by atoms with Gasteiger partial charge in [0.2, 0.25) is 0 Å². The Bertz CT molecular complexity index is 964. The first kappa shape index (κ1) is 15.8. The highest BCUT2D eigenvalue weighted by atomic mass is 32.1. The summed E-state index contributed by atoms with van der Waals surface area (Å²) in [6, 6.07) is 23.4. The van der Waals surface area contributed by atoms with E-state index in [-0.39, 0.29) is 6.04 Å². The maximum Gasteiger partial charge on any atom is 0.138 e. The number of hydrogen-bond acceptors (Lipinski definition) is 4. The molecular weight excluding hydrogens is 326 g/mol. The Morgan fingerprint density at radius 2 is 1.68 bits per heavy atom. The molecule has 0 saturated heterocycles. The Morgan fingerprint density at radius 3 is 2.40 bits per heavy atom. The van der Waals surface area contributed by atoms with E-state index in [1.807, 2.05) is 12.1 Å². The molecule has 0 aliphatic rings. The number of thiophene rings is 1. The summed E-state index contributed by atoms with van der Waals surface area (Å²) in [7, 11) is 0. The van der Waals surface area contributed by atoms with E-state index in [2.05, 4.69) is 76.8 Å². The Morgan fingerprint density at radius 1 is 0.960 bits per heavy atom. The van der Waals surface area contributed by atoms with Gasteiger partial charge in [-0.1, -0.05) is 67.6 Å². The van der Waals surface area contributed by atoms with Crippen LogP contribution in [0.5, 0.6) is 0 Å². The summed E-state index contributed by atoms with van der Waals surface area (Å²) in [4.78, 5) is 11.2. The molecule has 0 bridgehead atoms. The fourth-order valence-corrected chi connectivity index (χ4v) is 3.99. The van der Waals surface area contributed by atoms with E-state index in [0.717, 1.165) is 22.5 Å². The topological polar surface area (TPSA) is 37.8 Å². The summed E-state index contributed by atoms with van der Waals surface area (Å²) in [6.45, 7) is 2.19. The monoisotopic (exact) mass is 345 g/mol. The maximum absolute atomic E-state index is 4.51. The van der Waals surface area contributed by atoms with Gasteiger partial charge in [-0.25, -0.2) is 9.97 Å². The van der Waals surface area contributed by atoms with E-state index in [4.69, 9.17) is 0 Å². The summed E-state index contributed by atoms with van der Waals surface area (Å²) in [5, 5.41) is 4.69. The van der Waals surface area contributed by atoms with Crippen molar-refractivity contribution in [3.8, 4) is 10.4 Å². The van der Waals surface area contributed by atoms with Gasteiger partial charge in [0, 0.05) is 4.88 Å². The normalized spacial score (nSPS) is 12.2. The van der Waals surface area contributed by atoms with Crippen LogP contribution < -0.4 is 5.32 Å². The molecule has 25 heavy (non-hydrogen) atoms. The van der Waals surface area contributed by atoms with Gasteiger partial charge in [0.25, 0.3) is 0 Å². The zero-order valence-electron chi connectivity index (χ0n) is 14.0. The number of anilines is 1. The summed E-state index contributed by atoms with van der Waals surface area (Å²) in [5.41, 5.74) is 2.49. The largest absolute Gasteiger partial charge is 0.363 e. The van der Waals surface area contributed by atoms with E-state index in [1.165, 1.54) is 16.0 Å². The lowest BCUT2D eigenvalue weighted by Gasteiger charge is -2.18. The SMILES string of the molecule is CCC(Nc1ncnc2sc(-c3ccccc3)cc12)c1ccccc1. The van der Waals surface area contributed by atoms with Crippen molar-refractivity contribution in [3.05, 3.63) is 78.6 Å². The van der Waals surface area contributed by atoms with Gasteiger partial charge < -0.3 is 5.32 Å². The molecule has 1 atom stereocenters. The minimum Gasteiger partial charge on any atom is -0.363 e. The Labute approximate surface area is 151 Å². The number of benzene rings is 2. The van der Waals surface area contributed by atoms with Crippen LogP contribution in [-0.4, -0.2) is 9.97 Å². The predicted molar refractivity (Wildman–Crippen MR) is 106 cm³/mol. The standard InChI is InChI=1S/C21H19N3S/c1-2-18(15-9-5-3-6-10-15)24-20-17-13-19(16-11-7-4-8-12-16)25-21(17)23-14-22-20/h3-14,18H,2H2,1H3,(H,22,23,24). The first-order chi connectivity index (χ1) is 12.3. The second-order valence-electron chi connectivity index (χ2n) is 5.93. The van der Waals surface area contributed by atoms with Crippen LogP contribution in [0, 0.1) is 0 Å². The van der Waals surface area contributed by atoms with Crippen LogP contribution in [0.15, 0.2) is 73.1 Å². The lowest BCUT2D eigenvalue weighted by Crippen LogP contribution is -2.10. The Kier molecular flexibility index (Phi) is 4.44. The van der Waals surface area contributed by atoms with Crippen molar-refractivity contribution >= 4 is 27.4 Å². The molecule has 4 rings (SSSR count). The van der Waals surface area contributed by atoms with Gasteiger partial charge in [0.1, 0.15) is 17.0 Å². The molecule has 4 heteroatoms. The summed E-state index contributed by atoms with van der Waals surface area (Å²) < 4.78 is 0. The van der Waals surface area contributed by atoms with E-state index < -0.39 is 0 Å². The summed E-state index contributed by atoms with van der Waals surface area (Å²) in [5.74, 6) is 0.902. The fraction of sp³-hybridized carbons (Fsp3) is 0.143. The highest BCUT2D eigenvalue weighted by molar-refractivity contribution is 7.21. The zero-order valence-corrected chi connectivity index (χ0v) is 14.8. The van der Waals surface area contributed by atoms with E-state index in [0.29, 0.717) is 0 Å². The molecule has 0 radical (unpaired) electrons. The Hall–Kier alpha value is -2.72. The number of nitrogens with zero attached hydrogens (tertiary/aromatic N) is 2. The highest BCUT2D eigenvalue weighted by Crippen LogP contribution is 2.36. The Balaban J connectivity index is 1.71. The second kappa shape index (κ2) is 7.03. The van der Waals surface area contributed by atoms with Gasteiger partial charge >= 0.3 is 0 Å². The van der Waals surface area contributed by atoms with Gasteiger partial charge in [0.15, 0.2) is 0 Å². The van der Waals surface area contributed by atoms with Gasteiger partial charge in [-0.3, -0.25) is 0 Å². The maximum atomic E-state index is 4.51. The van der Waals surface area contributed by atoms with Crippen LogP contribution in [-0.2, 0) is 0 Å². The molecule has 124 valence electrons. The van der Waals surface area contributed by atoms with Crippen LogP contribution in [0.3, 0.4) is 0 Å². The predicted octanol–water partition coefficient (Wildman–Crippen LogP) is 5.92. The van der Waals surface area contributed by atoms with Crippen LogP contribution in [0.25, 0.3) is 20.7 Å². The van der Waals surface area contributed by atoms with Crippen molar-refractivity contribution in [3.63, 3.8) is 0 Å². The molecular formula is C21H19N3S. The number of fused-ring (bicyclic) bond motifs is 1. The van der Waals surface area contributed by atoms with Gasteiger partial charge in [-0.05, 0) is 23.6 Å². The summed E-state index contributed by atoms with van der Waals surface area (Å²) >= 11 is 1.70. The molecule has 2 heterocycles. The second-order valence-corrected chi connectivity index (χ2v) is 6.96. The highest BCUT2D eigenvalue weighted by Gasteiger charge is 2.14. The van der Waals surface area contributed by atoms with Crippen molar-refractivity contribution in [1.82, 2.24) is 9.97 Å². The molecule has 0 saturated carbocycles. The van der Waals surface area contributed by atoms with Crippen LogP contribution in [0.1, 0.15) is 24.9 Å². The third-order valence-corrected chi connectivity index (χ3v) is 5.40. The van der Waals surface area contributed by atoms with Crippen molar-refractivity contribution in [1.29, 1.82) is 0 Å². The van der Waals surface area contributed by atoms with Crippen LogP contribution >= 0.6 is 11.3 Å². The van der Waals surface area contributed by atoms with Crippen molar-refractivity contribution in [2.75, 3.05) is 5.32 Å². The van der Waals surface area contributed by atoms with Gasteiger partial charge in [-0.2, -0.15) is 0 Å². The smallest absolute Gasteiger partial charge is 0.138 e. The van der Waals surface area contributed by atoms with E-state index in [1.54, 1.807) is 17.7 Å². The molecule has 0 aliphatic heterocycles. The van der Waals surface area contributed by atoms with Gasteiger partial charge in [0.05, 0.1) is 11.4 Å². The van der Waals surface area contributed by atoms with Crippen molar-refractivity contribution in [2.24, 2.45) is 0 Å². The third kappa shape index (κ3) is 3.26. The van der Waals surface area contributed by atoms with Crippen molar-refractivity contribution in [2.45, 2.75) is 19.4 Å². The fourth-order valence-electron chi connectivity index (χ4n) is 2.99. The molecule has 0 spiro atoms. The molecule has 0 aliphatic carbocycles. The average molecular weight is 345 g/mol.